The van der Waals surface area contributed by atoms with E-state index in [2.05, 4.69) is 56.9 Å². The Morgan fingerprint density at radius 1 is 0.960 bits per heavy atom. The van der Waals surface area contributed by atoms with Crippen LogP contribution in [0, 0.1) is 0 Å². The lowest BCUT2D eigenvalue weighted by Gasteiger charge is -2.31. The highest BCUT2D eigenvalue weighted by Crippen LogP contribution is 2.33. The maximum Gasteiger partial charge on any atom is 0.0970 e. The Kier molecular flexibility index (Phi) is 3.76. The molecule has 126 valence electrons. The van der Waals surface area contributed by atoms with Crippen LogP contribution in [0.4, 0.5) is 0 Å². The first kappa shape index (κ1) is 15.0. The molecule has 3 heterocycles. The van der Waals surface area contributed by atoms with Crippen molar-refractivity contribution in [3.05, 3.63) is 59.9 Å². The molecule has 0 atom stereocenters. The SMILES string of the molecule is c1ccc2sc(C3CCN(Cn4cnc5ccccc54)CC3)nc2c1. The van der Waals surface area contributed by atoms with Crippen LogP contribution in [0.2, 0.25) is 0 Å². The number of nitrogens with zero attached hydrogens (tertiary/aromatic N) is 4. The zero-order valence-corrected chi connectivity index (χ0v) is 14.8. The van der Waals surface area contributed by atoms with Crippen molar-refractivity contribution in [3.63, 3.8) is 0 Å². The molecule has 1 saturated heterocycles. The number of aromatic nitrogens is 3. The van der Waals surface area contributed by atoms with Gasteiger partial charge in [-0.15, -0.1) is 11.3 Å². The molecule has 1 fully saturated rings. The maximum absolute atomic E-state index is 4.86. The van der Waals surface area contributed by atoms with Crippen LogP contribution in [0.15, 0.2) is 54.9 Å². The minimum atomic E-state index is 0.605. The summed E-state index contributed by atoms with van der Waals surface area (Å²) in [5.74, 6) is 0.605. The largest absolute Gasteiger partial charge is 0.317 e. The summed E-state index contributed by atoms with van der Waals surface area (Å²) in [7, 11) is 0. The molecule has 0 unspecified atom stereocenters. The van der Waals surface area contributed by atoms with Crippen molar-refractivity contribution in [2.45, 2.75) is 25.4 Å². The molecule has 0 radical (unpaired) electrons. The predicted molar refractivity (Wildman–Crippen MR) is 103 cm³/mol. The number of hydrogen-bond acceptors (Lipinski definition) is 4. The third-order valence-corrected chi connectivity index (χ3v) is 6.33. The molecule has 0 aliphatic carbocycles. The Balaban J connectivity index is 1.28. The van der Waals surface area contributed by atoms with Crippen LogP contribution < -0.4 is 0 Å². The molecule has 1 aliphatic heterocycles. The molecule has 0 saturated carbocycles. The molecule has 1 aliphatic rings. The van der Waals surface area contributed by atoms with Crippen LogP contribution in [0.25, 0.3) is 21.3 Å². The average Bonchev–Trinajstić information content (AvgIpc) is 3.27. The lowest BCUT2D eigenvalue weighted by atomic mass is 9.98. The second-order valence-electron chi connectivity index (χ2n) is 6.76. The third kappa shape index (κ3) is 2.83. The van der Waals surface area contributed by atoms with E-state index in [9.17, 15) is 0 Å². The minimum Gasteiger partial charge on any atom is -0.317 e. The standard InChI is InChI=1S/C20H20N4S/c1-3-7-18-16(5-1)21-13-24(18)14-23-11-9-15(10-12-23)20-22-17-6-2-4-8-19(17)25-20/h1-8,13,15H,9-12,14H2. The van der Waals surface area contributed by atoms with Crippen molar-refractivity contribution in [2.24, 2.45) is 0 Å². The summed E-state index contributed by atoms with van der Waals surface area (Å²) >= 11 is 1.87. The number of imidazole rings is 1. The highest BCUT2D eigenvalue weighted by Gasteiger charge is 2.23. The van der Waals surface area contributed by atoms with Gasteiger partial charge in [-0.05, 0) is 37.1 Å². The van der Waals surface area contributed by atoms with Gasteiger partial charge in [-0.1, -0.05) is 24.3 Å². The molecular weight excluding hydrogens is 328 g/mol. The van der Waals surface area contributed by atoms with E-state index in [-0.39, 0.29) is 0 Å². The minimum absolute atomic E-state index is 0.605. The number of para-hydroxylation sites is 3. The molecule has 0 bridgehead atoms. The normalized spacial score (nSPS) is 16.8. The van der Waals surface area contributed by atoms with Crippen LogP contribution in [0.5, 0.6) is 0 Å². The molecule has 25 heavy (non-hydrogen) atoms. The van der Waals surface area contributed by atoms with E-state index in [1.165, 1.54) is 28.1 Å². The molecule has 5 heteroatoms. The van der Waals surface area contributed by atoms with Crippen molar-refractivity contribution >= 4 is 32.6 Å². The highest BCUT2D eigenvalue weighted by molar-refractivity contribution is 7.18. The molecule has 0 N–H and O–H groups in total. The second-order valence-corrected chi connectivity index (χ2v) is 7.82. The third-order valence-electron chi connectivity index (χ3n) is 5.13. The second kappa shape index (κ2) is 6.24. The fourth-order valence-electron chi connectivity index (χ4n) is 3.72. The van der Waals surface area contributed by atoms with Gasteiger partial charge in [-0.3, -0.25) is 4.90 Å². The Morgan fingerprint density at radius 3 is 2.56 bits per heavy atom. The lowest BCUT2D eigenvalue weighted by molar-refractivity contribution is 0.172. The van der Waals surface area contributed by atoms with Crippen LogP contribution >= 0.6 is 11.3 Å². The van der Waals surface area contributed by atoms with Gasteiger partial charge in [0.25, 0.3) is 0 Å². The molecule has 0 amide bonds. The van der Waals surface area contributed by atoms with Crippen LogP contribution in [0.1, 0.15) is 23.8 Å². The number of benzene rings is 2. The number of hydrogen-bond donors (Lipinski definition) is 0. The zero-order chi connectivity index (χ0) is 16.6. The molecule has 0 spiro atoms. The Morgan fingerprint density at radius 2 is 1.72 bits per heavy atom. The van der Waals surface area contributed by atoms with Gasteiger partial charge in [0.2, 0.25) is 0 Å². The van der Waals surface area contributed by atoms with Crippen LogP contribution in [0.3, 0.4) is 0 Å². The van der Waals surface area contributed by atoms with Gasteiger partial charge < -0.3 is 4.57 Å². The Hall–Kier alpha value is -2.24. The van der Waals surface area contributed by atoms with Crippen LogP contribution in [-0.4, -0.2) is 32.5 Å². The number of thiazole rings is 1. The summed E-state index contributed by atoms with van der Waals surface area (Å²) in [5.41, 5.74) is 3.44. The first-order valence-corrected chi connectivity index (χ1v) is 9.66. The molecule has 2 aromatic heterocycles. The summed E-state index contributed by atoms with van der Waals surface area (Å²) in [4.78, 5) is 11.9. The smallest absolute Gasteiger partial charge is 0.0970 e. The molecule has 4 nitrogen and oxygen atoms in total. The van der Waals surface area contributed by atoms with E-state index >= 15 is 0 Å². The number of rotatable bonds is 3. The van der Waals surface area contributed by atoms with E-state index < -0.39 is 0 Å². The quantitative estimate of drug-likeness (QED) is 0.547. The molecular formula is C20H20N4S. The van der Waals surface area contributed by atoms with Crippen molar-refractivity contribution in [2.75, 3.05) is 13.1 Å². The zero-order valence-electron chi connectivity index (χ0n) is 14.0. The van der Waals surface area contributed by atoms with Gasteiger partial charge in [-0.25, -0.2) is 9.97 Å². The fraction of sp³-hybridized carbons (Fsp3) is 0.300. The van der Waals surface area contributed by atoms with Crippen molar-refractivity contribution in [1.29, 1.82) is 0 Å². The fourth-order valence-corrected chi connectivity index (χ4v) is 4.86. The van der Waals surface area contributed by atoms with E-state index in [4.69, 9.17) is 4.98 Å². The molecule has 5 rings (SSSR count). The summed E-state index contributed by atoms with van der Waals surface area (Å²) in [6, 6.07) is 16.8. The first-order chi connectivity index (χ1) is 12.4. The Labute approximate surface area is 150 Å². The van der Waals surface area contributed by atoms with Gasteiger partial charge in [0.05, 0.1) is 39.3 Å². The maximum atomic E-state index is 4.86. The first-order valence-electron chi connectivity index (χ1n) is 8.84. The summed E-state index contributed by atoms with van der Waals surface area (Å²) in [5, 5.41) is 1.31. The average molecular weight is 348 g/mol. The predicted octanol–water partition coefficient (Wildman–Crippen LogP) is 4.48. The monoisotopic (exact) mass is 348 g/mol. The summed E-state index contributed by atoms with van der Waals surface area (Å²) < 4.78 is 3.57. The highest BCUT2D eigenvalue weighted by atomic mass is 32.1. The summed E-state index contributed by atoms with van der Waals surface area (Å²) in [6.07, 6.45) is 4.34. The number of piperidine rings is 1. The van der Waals surface area contributed by atoms with Gasteiger partial charge >= 0.3 is 0 Å². The van der Waals surface area contributed by atoms with Gasteiger partial charge in [0.1, 0.15) is 0 Å². The summed E-state index contributed by atoms with van der Waals surface area (Å²) in [6.45, 7) is 3.16. The topological polar surface area (TPSA) is 34.0 Å². The van der Waals surface area contributed by atoms with Gasteiger partial charge in [0, 0.05) is 19.0 Å². The van der Waals surface area contributed by atoms with Crippen molar-refractivity contribution in [3.8, 4) is 0 Å². The van der Waals surface area contributed by atoms with Gasteiger partial charge in [0.15, 0.2) is 0 Å². The molecule has 4 aromatic rings. The van der Waals surface area contributed by atoms with Gasteiger partial charge in [-0.2, -0.15) is 0 Å². The number of fused-ring (bicyclic) bond motifs is 2. The van der Waals surface area contributed by atoms with Crippen LogP contribution in [-0.2, 0) is 6.67 Å². The van der Waals surface area contributed by atoms with E-state index in [0.29, 0.717) is 5.92 Å². The van der Waals surface area contributed by atoms with Crippen molar-refractivity contribution < 1.29 is 0 Å². The lowest BCUT2D eigenvalue weighted by Crippen LogP contribution is -2.34. The van der Waals surface area contributed by atoms with E-state index in [0.717, 1.165) is 30.8 Å². The van der Waals surface area contributed by atoms with E-state index in [1.807, 2.05) is 23.7 Å². The number of likely N-dealkylation sites (tertiary alicyclic amines) is 1. The van der Waals surface area contributed by atoms with E-state index in [1.54, 1.807) is 0 Å². The van der Waals surface area contributed by atoms with Crippen molar-refractivity contribution in [1.82, 2.24) is 19.4 Å². The Bertz CT molecular complexity index is 978. The molecule has 2 aromatic carbocycles.